The highest BCUT2D eigenvalue weighted by atomic mass is 35.5. The van der Waals surface area contributed by atoms with E-state index in [2.05, 4.69) is 4.98 Å². The standard InChI is InChI=1S/C12H12ClN3O2/c1-7-9(5-14)4-10(13)11(15-7)16-3-2-8(6-16)12(17)18/h4,8H,2-3,6H2,1H3,(H,17,18). The molecule has 5 nitrogen and oxygen atoms in total. The maximum absolute atomic E-state index is 10.9. The minimum absolute atomic E-state index is 0.376. The lowest BCUT2D eigenvalue weighted by Crippen LogP contribution is -2.24. The van der Waals surface area contributed by atoms with Crippen molar-refractivity contribution in [2.24, 2.45) is 5.92 Å². The fraction of sp³-hybridized carbons (Fsp3) is 0.417. The van der Waals surface area contributed by atoms with Gasteiger partial charge in [-0.15, -0.1) is 0 Å². The van der Waals surface area contributed by atoms with Crippen molar-refractivity contribution in [3.63, 3.8) is 0 Å². The Bertz CT molecular complexity index is 539. The van der Waals surface area contributed by atoms with Crippen molar-refractivity contribution >= 4 is 23.4 Å². The lowest BCUT2D eigenvalue weighted by Gasteiger charge is -2.19. The Morgan fingerprint density at radius 3 is 3.00 bits per heavy atom. The minimum Gasteiger partial charge on any atom is -0.481 e. The number of aromatic nitrogens is 1. The molecule has 18 heavy (non-hydrogen) atoms. The van der Waals surface area contributed by atoms with Crippen molar-refractivity contribution in [3.05, 3.63) is 22.3 Å². The normalized spacial score (nSPS) is 18.7. The van der Waals surface area contributed by atoms with Crippen LogP contribution in [0.15, 0.2) is 6.07 Å². The van der Waals surface area contributed by atoms with E-state index >= 15 is 0 Å². The van der Waals surface area contributed by atoms with Gasteiger partial charge in [0.1, 0.15) is 11.9 Å². The fourth-order valence-electron chi connectivity index (χ4n) is 2.06. The van der Waals surface area contributed by atoms with Gasteiger partial charge in [0.25, 0.3) is 0 Å². The molecule has 1 aliphatic rings. The second kappa shape index (κ2) is 4.83. The summed E-state index contributed by atoms with van der Waals surface area (Å²) in [5.41, 5.74) is 1.05. The summed E-state index contributed by atoms with van der Waals surface area (Å²) in [5.74, 6) is -0.602. The predicted octanol–water partition coefficient (Wildman–Crippen LogP) is 1.83. The van der Waals surface area contributed by atoms with E-state index in [-0.39, 0.29) is 5.92 Å². The van der Waals surface area contributed by atoms with Crippen molar-refractivity contribution in [1.82, 2.24) is 4.98 Å². The monoisotopic (exact) mass is 265 g/mol. The van der Waals surface area contributed by atoms with Crippen LogP contribution in [0.3, 0.4) is 0 Å². The zero-order valence-electron chi connectivity index (χ0n) is 9.85. The van der Waals surface area contributed by atoms with Crippen molar-refractivity contribution in [2.45, 2.75) is 13.3 Å². The first-order valence-corrected chi connectivity index (χ1v) is 5.95. The van der Waals surface area contributed by atoms with Crippen LogP contribution >= 0.6 is 11.6 Å². The summed E-state index contributed by atoms with van der Waals surface area (Å²) >= 11 is 6.08. The smallest absolute Gasteiger partial charge is 0.308 e. The molecule has 0 radical (unpaired) electrons. The summed E-state index contributed by atoms with van der Waals surface area (Å²) in [6, 6.07) is 3.60. The van der Waals surface area contributed by atoms with Gasteiger partial charge < -0.3 is 10.0 Å². The molecule has 2 rings (SSSR count). The van der Waals surface area contributed by atoms with E-state index in [1.54, 1.807) is 13.0 Å². The molecule has 1 fully saturated rings. The number of hydrogen-bond donors (Lipinski definition) is 1. The zero-order valence-corrected chi connectivity index (χ0v) is 10.6. The number of halogens is 1. The Morgan fingerprint density at radius 1 is 1.72 bits per heavy atom. The largest absolute Gasteiger partial charge is 0.481 e. The number of nitrogens with zero attached hydrogens (tertiary/aromatic N) is 3. The number of aryl methyl sites for hydroxylation is 1. The third-order valence-electron chi connectivity index (χ3n) is 3.11. The summed E-state index contributed by atoms with van der Waals surface area (Å²) in [4.78, 5) is 17.1. The van der Waals surface area contributed by atoms with Crippen LogP contribution in [0.2, 0.25) is 5.02 Å². The molecular formula is C12H12ClN3O2. The number of anilines is 1. The molecule has 0 saturated carbocycles. The van der Waals surface area contributed by atoms with E-state index < -0.39 is 5.97 Å². The Balaban J connectivity index is 2.28. The number of aliphatic carboxylic acids is 1. The highest BCUT2D eigenvalue weighted by molar-refractivity contribution is 6.33. The van der Waals surface area contributed by atoms with Crippen LogP contribution in [-0.2, 0) is 4.79 Å². The number of hydrogen-bond acceptors (Lipinski definition) is 4. The lowest BCUT2D eigenvalue weighted by molar-refractivity contribution is -0.140. The van der Waals surface area contributed by atoms with Crippen LogP contribution < -0.4 is 4.90 Å². The number of nitriles is 1. The minimum atomic E-state index is -0.793. The molecule has 1 aromatic heterocycles. The molecule has 1 N–H and O–H groups in total. The van der Waals surface area contributed by atoms with Gasteiger partial charge in [-0.3, -0.25) is 4.79 Å². The highest BCUT2D eigenvalue weighted by Gasteiger charge is 2.30. The molecule has 0 spiro atoms. The summed E-state index contributed by atoms with van der Waals surface area (Å²) in [5, 5.41) is 18.2. The van der Waals surface area contributed by atoms with E-state index in [4.69, 9.17) is 22.0 Å². The second-order valence-corrected chi connectivity index (χ2v) is 4.72. The van der Waals surface area contributed by atoms with Crippen LogP contribution in [0.25, 0.3) is 0 Å². The van der Waals surface area contributed by atoms with Gasteiger partial charge in [0, 0.05) is 13.1 Å². The van der Waals surface area contributed by atoms with Crippen LogP contribution in [0.5, 0.6) is 0 Å². The molecule has 0 aromatic carbocycles. The number of carboxylic acids is 1. The van der Waals surface area contributed by atoms with E-state index in [0.717, 1.165) is 0 Å². The van der Waals surface area contributed by atoms with Gasteiger partial charge in [-0.2, -0.15) is 5.26 Å². The van der Waals surface area contributed by atoms with E-state index in [1.807, 2.05) is 11.0 Å². The zero-order chi connectivity index (χ0) is 13.3. The van der Waals surface area contributed by atoms with Gasteiger partial charge >= 0.3 is 5.97 Å². The maximum Gasteiger partial charge on any atom is 0.308 e. The molecule has 2 heterocycles. The molecule has 6 heteroatoms. The Hall–Kier alpha value is -1.80. The third-order valence-corrected chi connectivity index (χ3v) is 3.38. The SMILES string of the molecule is Cc1nc(N2CCC(C(=O)O)C2)c(Cl)cc1C#N. The van der Waals surface area contributed by atoms with Crippen LogP contribution in [0.1, 0.15) is 17.7 Å². The van der Waals surface area contributed by atoms with Gasteiger partial charge in [-0.05, 0) is 19.4 Å². The number of rotatable bonds is 2. The summed E-state index contributed by atoms with van der Waals surface area (Å²) < 4.78 is 0. The number of pyridine rings is 1. The first-order valence-electron chi connectivity index (χ1n) is 5.58. The molecule has 1 unspecified atom stereocenters. The molecule has 1 atom stereocenters. The Kier molecular flexibility index (Phi) is 3.39. The third kappa shape index (κ3) is 2.24. The molecule has 1 aliphatic heterocycles. The van der Waals surface area contributed by atoms with E-state index in [1.165, 1.54) is 0 Å². The summed E-state index contributed by atoms with van der Waals surface area (Å²) in [6.45, 7) is 2.77. The highest BCUT2D eigenvalue weighted by Crippen LogP contribution is 2.30. The molecule has 94 valence electrons. The van der Waals surface area contributed by atoms with Crippen molar-refractivity contribution in [3.8, 4) is 6.07 Å². The quantitative estimate of drug-likeness (QED) is 0.883. The van der Waals surface area contributed by atoms with Gasteiger partial charge in [0.15, 0.2) is 0 Å². The molecule has 1 saturated heterocycles. The maximum atomic E-state index is 10.9. The summed E-state index contributed by atoms with van der Waals surface area (Å²) in [7, 11) is 0. The Labute approximate surface area is 110 Å². The molecular weight excluding hydrogens is 254 g/mol. The van der Waals surface area contributed by atoms with E-state index in [9.17, 15) is 4.79 Å². The van der Waals surface area contributed by atoms with Gasteiger partial charge in [-0.1, -0.05) is 11.6 Å². The first kappa shape index (κ1) is 12.7. The van der Waals surface area contributed by atoms with E-state index in [0.29, 0.717) is 41.6 Å². The second-order valence-electron chi connectivity index (χ2n) is 4.31. The summed E-state index contributed by atoms with van der Waals surface area (Å²) in [6.07, 6.45) is 0.590. The first-order chi connectivity index (χ1) is 8.52. The topological polar surface area (TPSA) is 77.2 Å². The van der Waals surface area contributed by atoms with Crippen molar-refractivity contribution < 1.29 is 9.90 Å². The lowest BCUT2D eigenvalue weighted by atomic mass is 10.1. The molecule has 0 bridgehead atoms. The van der Waals surface area contributed by atoms with Gasteiger partial charge in [-0.25, -0.2) is 4.98 Å². The van der Waals surface area contributed by atoms with Crippen molar-refractivity contribution in [1.29, 1.82) is 5.26 Å². The van der Waals surface area contributed by atoms with Crippen molar-refractivity contribution in [2.75, 3.05) is 18.0 Å². The average molecular weight is 266 g/mol. The fourth-order valence-corrected chi connectivity index (χ4v) is 2.33. The van der Waals surface area contributed by atoms with Gasteiger partial charge in [0.05, 0.1) is 22.2 Å². The van der Waals surface area contributed by atoms with Crippen LogP contribution in [0, 0.1) is 24.2 Å². The predicted molar refractivity (Wildman–Crippen MR) is 66.7 cm³/mol. The average Bonchev–Trinajstić information content (AvgIpc) is 2.81. The van der Waals surface area contributed by atoms with Crippen LogP contribution in [0.4, 0.5) is 5.82 Å². The molecule has 1 aromatic rings. The number of carboxylic acid groups (broad SMARTS) is 1. The molecule has 0 amide bonds. The van der Waals surface area contributed by atoms with Crippen LogP contribution in [-0.4, -0.2) is 29.1 Å². The number of carbonyl (C=O) groups is 1. The Morgan fingerprint density at radius 2 is 2.44 bits per heavy atom. The van der Waals surface area contributed by atoms with Gasteiger partial charge in [0.2, 0.25) is 0 Å². The molecule has 0 aliphatic carbocycles.